The lowest BCUT2D eigenvalue weighted by Crippen LogP contribution is -2.59. The van der Waals surface area contributed by atoms with E-state index in [1.54, 1.807) is 24.3 Å². The van der Waals surface area contributed by atoms with Crippen molar-refractivity contribution in [3.05, 3.63) is 41.9 Å². The molecule has 2 bridgehead atoms. The first-order chi connectivity index (χ1) is 12.1. The Morgan fingerprint density at radius 3 is 3.08 bits per heavy atom. The van der Waals surface area contributed by atoms with E-state index in [-0.39, 0.29) is 6.61 Å². The van der Waals surface area contributed by atoms with Crippen molar-refractivity contribution in [1.82, 2.24) is 20.1 Å². The molecule has 10 heteroatoms. The van der Waals surface area contributed by atoms with Crippen LogP contribution < -0.4 is 10.6 Å². The molecule has 2 aromatic rings. The van der Waals surface area contributed by atoms with Crippen LogP contribution in [-0.4, -0.2) is 57.0 Å². The number of urea groups is 1. The van der Waals surface area contributed by atoms with Crippen molar-refractivity contribution in [3.8, 4) is 0 Å². The molecule has 0 saturated carbocycles. The number of nitrogens with zero attached hydrogens (tertiary/aromatic N) is 3. The molecule has 3 N–H and O–H groups in total. The molecule has 2 aliphatic rings. The molecule has 25 heavy (non-hydrogen) atoms. The van der Waals surface area contributed by atoms with Gasteiger partial charge in [0.25, 0.3) is 0 Å². The monoisotopic (exact) mass is 365 g/mol. The molecule has 0 spiro atoms. The zero-order valence-corrected chi connectivity index (χ0v) is 13.7. The predicted molar refractivity (Wildman–Crippen MR) is 87.1 cm³/mol. The minimum atomic E-state index is -0.946. The Morgan fingerprint density at radius 1 is 1.44 bits per heavy atom. The average molecular weight is 366 g/mol. The number of aliphatic hydroxyl groups excluding tert-OH is 1. The second kappa shape index (κ2) is 6.60. The first kappa shape index (κ1) is 16.3. The summed E-state index contributed by atoms with van der Waals surface area (Å²) in [5, 5.41) is 20.7. The van der Waals surface area contributed by atoms with Gasteiger partial charge in [-0.3, -0.25) is 0 Å². The molecule has 132 valence electrons. The number of ether oxygens (including phenoxy) is 2. The number of fused-ring (bicyclic) bond motifs is 2. The van der Waals surface area contributed by atoms with Crippen molar-refractivity contribution >= 4 is 23.3 Å². The van der Waals surface area contributed by atoms with Gasteiger partial charge in [0, 0.05) is 10.7 Å². The Morgan fingerprint density at radius 2 is 2.32 bits per heavy atom. The molecule has 2 aliphatic heterocycles. The number of amides is 2. The number of anilines is 1. The van der Waals surface area contributed by atoms with Crippen LogP contribution in [-0.2, 0) is 9.47 Å². The fraction of sp³-hybridized carbons (Fsp3) is 0.400. The van der Waals surface area contributed by atoms with Crippen LogP contribution >= 0.6 is 11.6 Å². The molecule has 4 rings (SSSR count). The summed E-state index contributed by atoms with van der Waals surface area (Å²) < 4.78 is 12.8. The van der Waals surface area contributed by atoms with Crippen molar-refractivity contribution in [2.45, 2.75) is 30.6 Å². The Labute approximate surface area is 147 Å². The van der Waals surface area contributed by atoms with Gasteiger partial charge in [0.2, 0.25) is 0 Å². The molecule has 2 fully saturated rings. The first-order valence-electron chi connectivity index (χ1n) is 7.74. The van der Waals surface area contributed by atoms with Crippen molar-refractivity contribution in [2.24, 2.45) is 0 Å². The second-order valence-electron chi connectivity index (χ2n) is 5.87. The maximum Gasteiger partial charge on any atom is 0.319 e. The van der Waals surface area contributed by atoms with E-state index < -0.39 is 36.6 Å². The zero-order valence-electron chi connectivity index (χ0n) is 12.9. The van der Waals surface area contributed by atoms with Gasteiger partial charge in [-0.2, -0.15) is 5.10 Å². The number of hydrogen-bond acceptors (Lipinski definition) is 6. The van der Waals surface area contributed by atoms with Crippen molar-refractivity contribution in [3.63, 3.8) is 0 Å². The normalized spacial score (nSPS) is 30.9. The third kappa shape index (κ3) is 3.19. The highest BCUT2D eigenvalue weighted by Gasteiger charge is 2.51. The topological polar surface area (TPSA) is 111 Å². The van der Waals surface area contributed by atoms with Gasteiger partial charge in [-0.1, -0.05) is 17.7 Å². The van der Waals surface area contributed by atoms with Gasteiger partial charge in [-0.25, -0.2) is 14.5 Å². The van der Waals surface area contributed by atoms with Gasteiger partial charge in [0.05, 0.1) is 12.6 Å². The van der Waals surface area contributed by atoms with Gasteiger partial charge < -0.3 is 25.2 Å². The van der Waals surface area contributed by atoms with Crippen LogP contribution in [0.25, 0.3) is 0 Å². The molecule has 0 aliphatic carbocycles. The van der Waals surface area contributed by atoms with E-state index in [1.807, 2.05) is 0 Å². The molecule has 1 aromatic carbocycles. The van der Waals surface area contributed by atoms with E-state index >= 15 is 0 Å². The molecule has 2 amide bonds. The highest BCUT2D eigenvalue weighted by molar-refractivity contribution is 6.30. The first-order valence-corrected chi connectivity index (χ1v) is 8.12. The Hall–Kier alpha value is -2.20. The molecule has 1 aromatic heterocycles. The Balaban J connectivity index is 1.48. The van der Waals surface area contributed by atoms with Crippen LogP contribution in [0.4, 0.5) is 10.5 Å². The van der Waals surface area contributed by atoms with Crippen LogP contribution in [0, 0.1) is 0 Å². The van der Waals surface area contributed by atoms with E-state index in [0.717, 1.165) is 0 Å². The lowest BCUT2D eigenvalue weighted by Gasteiger charge is -2.38. The Kier molecular flexibility index (Phi) is 4.30. The third-order valence-corrected chi connectivity index (χ3v) is 4.49. The maximum absolute atomic E-state index is 12.3. The number of nitrogens with one attached hydrogen (secondary N) is 2. The second-order valence-corrected chi connectivity index (χ2v) is 6.30. The lowest BCUT2D eigenvalue weighted by molar-refractivity contribution is -0.166. The minimum absolute atomic E-state index is 0.273. The number of hydrogen-bond donors (Lipinski definition) is 3. The minimum Gasteiger partial charge on any atom is -0.388 e. The van der Waals surface area contributed by atoms with E-state index in [9.17, 15) is 9.90 Å². The highest BCUT2D eigenvalue weighted by Crippen LogP contribution is 2.35. The van der Waals surface area contributed by atoms with Crippen LogP contribution in [0.1, 0.15) is 6.04 Å². The van der Waals surface area contributed by atoms with Gasteiger partial charge in [0.15, 0.2) is 6.29 Å². The van der Waals surface area contributed by atoms with Crippen LogP contribution in [0.5, 0.6) is 0 Å². The average Bonchev–Trinajstić information content (AvgIpc) is 3.23. The summed E-state index contributed by atoms with van der Waals surface area (Å²) in [7, 11) is 0. The number of halogens is 1. The smallest absolute Gasteiger partial charge is 0.319 e. The fourth-order valence-corrected chi connectivity index (χ4v) is 3.31. The summed E-state index contributed by atoms with van der Waals surface area (Å²) in [5.41, 5.74) is 0.546. The molecule has 0 unspecified atom stereocenters. The summed E-state index contributed by atoms with van der Waals surface area (Å²) >= 11 is 5.91. The van der Waals surface area contributed by atoms with Crippen molar-refractivity contribution in [1.29, 1.82) is 0 Å². The zero-order chi connectivity index (χ0) is 17.4. The summed E-state index contributed by atoms with van der Waals surface area (Å²) in [4.78, 5) is 16.2. The number of benzene rings is 1. The Bertz CT molecular complexity index is 758. The van der Waals surface area contributed by atoms with Gasteiger partial charge in [0.1, 0.15) is 30.9 Å². The van der Waals surface area contributed by atoms with Gasteiger partial charge >= 0.3 is 6.03 Å². The van der Waals surface area contributed by atoms with E-state index in [0.29, 0.717) is 10.7 Å². The van der Waals surface area contributed by atoms with E-state index in [1.165, 1.54) is 17.3 Å². The maximum atomic E-state index is 12.3. The van der Waals surface area contributed by atoms with E-state index in [4.69, 9.17) is 21.1 Å². The predicted octanol–water partition coefficient (Wildman–Crippen LogP) is 0.779. The molecular weight excluding hydrogens is 350 g/mol. The molecule has 9 nitrogen and oxygen atoms in total. The third-order valence-electron chi connectivity index (χ3n) is 4.25. The molecule has 5 atom stereocenters. The number of rotatable bonds is 3. The lowest BCUT2D eigenvalue weighted by atomic mass is 9.96. The largest absolute Gasteiger partial charge is 0.388 e. The summed E-state index contributed by atoms with van der Waals surface area (Å²) in [6.45, 7) is 0.273. The summed E-state index contributed by atoms with van der Waals surface area (Å²) in [6.07, 6.45) is 0.823. The van der Waals surface area contributed by atoms with Crippen LogP contribution in [0.15, 0.2) is 36.9 Å². The SMILES string of the molecule is O=C(Nc1cccc(Cl)c1)N[C@H]1[C@H](O)[C@@H](n2cncn2)[C@@H]2OC[C@H]1O2. The van der Waals surface area contributed by atoms with Gasteiger partial charge in [-0.05, 0) is 18.2 Å². The van der Waals surface area contributed by atoms with Crippen LogP contribution in [0.2, 0.25) is 5.02 Å². The molecule has 2 saturated heterocycles. The number of carbonyl (C=O) groups is 1. The number of aromatic nitrogens is 3. The molecule has 3 heterocycles. The highest BCUT2D eigenvalue weighted by atomic mass is 35.5. The summed E-state index contributed by atoms with van der Waals surface area (Å²) in [5.74, 6) is 0. The summed E-state index contributed by atoms with van der Waals surface area (Å²) in [6, 6.07) is 5.05. The van der Waals surface area contributed by atoms with Crippen LogP contribution in [0.3, 0.4) is 0 Å². The quantitative estimate of drug-likeness (QED) is 0.741. The fourth-order valence-electron chi connectivity index (χ4n) is 3.12. The number of carbonyl (C=O) groups excluding carboxylic acids is 1. The molecule has 0 radical (unpaired) electrons. The van der Waals surface area contributed by atoms with Crippen molar-refractivity contribution in [2.75, 3.05) is 11.9 Å². The van der Waals surface area contributed by atoms with Crippen molar-refractivity contribution < 1.29 is 19.4 Å². The number of aliphatic hydroxyl groups is 1. The van der Waals surface area contributed by atoms with Gasteiger partial charge in [-0.15, -0.1) is 0 Å². The molecular formula is C15H16ClN5O4. The van der Waals surface area contributed by atoms with E-state index in [2.05, 4.69) is 20.7 Å². The standard InChI is InChI=1S/C15H16ClN5O4/c16-8-2-1-3-9(4-8)19-15(23)20-11-10-5-24-14(25-10)12(13(11)22)21-7-17-6-18-21/h1-4,6-7,10-14,22H,5H2,(H2,19,20,23)/t10-,11-,12-,13+,14-/m1/s1.